The predicted molar refractivity (Wildman–Crippen MR) is 113 cm³/mol. The lowest BCUT2D eigenvalue weighted by molar-refractivity contribution is 0.353. The molecule has 9 nitrogen and oxygen atoms in total. The van der Waals surface area contributed by atoms with Crippen LogP contribution in [0.15, 0.2) is 58.4 Å². The Kier molecular flexibility index (Phi) is 6.38. The number of anilines is 1. The van der Waals surface area contributed by atoms with E-state index in [4.69, 9.17) is 21.1 Å². The van der Waals surface area contributed by atoms with E-state index < -0.39 is 10.0 Å². The number of nitrogens with zero attached hydrogens (tertiary/aromatic N) is 3. The standard InChI is InChI=1S/C19H17ClN4O5S/c1-28-18-10-17(22-19(23-18)29-2)24-30(26,27)15-6-4-14(5-7-15)21-11-12-9-13(20)3-8-16(12)25/h3-11,25H,1-2H3,(H,22,23,24). The number of phenols is 1. The zero-order valence-electron chi connectivity index (χ0n) is 15.9. The van der Waals surface area contributed by atoms with Crippen LogP contribution in [-0.4, -0.2) is 43.9 Å². The molecule has 0 aliphatic carbocycles. The number of benzene rings is 2. The molecule has 0 aliphatic heterocycles. The molecule has 0 amide bonds. The molecule has 0 spiro atoms. The average molecular weight is 449 g/mol. The number of aromatic nitrogens is 2. The number of phenolic OH excluding ortho intramolecular Hbond substituents is 1. The minimum atomic E-state index is -3.92. The SMILES string of the molecule is COc1cc(NS(=O)(=O)c2ccc(N=Cc3cc(Cl)ccc3O)cc2)nc(OC)n1. The van der Waals surface area contributed by atoms with Crippen LogP contribution in [0.5, 0.6) is 17.6 Å². The van der Waals surface area contributed by atoms with Gasteiger partial charge >= 0.3 is 6.01 Å². The van der Waals surface area contributed by atoms with Crippen LogP contribution in [-0.2, 0) is 10.0 Å². The van der Waals surface area contributed by atoms with Gasteiger partial charge in [0.15, 0.2) is 5.82 Å². The maximum atomic E-state index is 12.6. The van der Waals surface area contributed by atoms with E-state index in [1.54, 1.807) is 12.1 Å². The first-order valence-electron chi connectivity index (χ1n) is 8.43. The molecule has 2 aromatic carbocycles. The number of methoxy groups -OCH3 is 2. The van der Waals surface area contributed by atoms with Gasteiger partial charge in [0.05, 0.1) is 24.8 Å². The topological polar surface area (TPSA) is 123 Å². The van der Waals surface area contributed by atoms with Crippen molar-refractivity contribution in [2.24, 2.45) is 4.99 Å². The summed E-state index contributed by atoms with van der Waals surface area (Å²) in [6.07, 6.45) is 1.43. The van der Waals surface area contributed by atoms with Crippen molar-refractivity contribution in [1.82, 2.24) is 9.97 Å². The summed E-state index contributed by atoms with van der Waals surface area (Å²) in [6, 6.07) is 11.7. The molecule has 3 rings (SSSR count). The fourth-order valence-electron chi connectivity index (χ4n) is 2.33. The van der Waals surface area contributed by atoms with Gasteiger partial charge in [-0.15, -0.1) is 0 Å². The van der Waals surface area contributed by atoms with Gasteiger partial charge in [-0.05, 0) is 42.5 Å². The van der Waals surface area contributed by atoms with Gasteiger partial charge in [-0.3, -0.25) is 9.71 Å². The van der Waals surface area contributed by atoms with Gasteiger partial charge in [0.25, 0.3) is 10.0 Å². The lowest BCUT2D eigenvalue weighted by Gasteiger charge is -2.09. The molecule has 11 heteroatoms. The number of rotatable bonds is 7. The van der Waals surface area contributed by atoms with Crippen molar-refractivity contribution in [2.75, 3.05) is 18.9 Å². The first-order valence-corrected chi connectivity index (χ1v) is 10.3. The average Bonchev–Trinajstić information content (AvgIpc) is 2.74. The zero-order chi connectivity index (χ0) is 21.7. The number of aliphatic imine (C=N–C) groups is 1. The molecule has 156 valence electrons. The Morgan fingerprint density at radius 1 is 1.07 bits per heavy atom. The van der Waals surface area contributed by atoms with Crippen molar-refractivity contribution < 1.29 is 23.0 Å². The zero-order valence-corrected chi connectivity index (χ0v) is 17.5. The van der Waals surface area contributed by atoms with E-state index in [-0.39, 0.29) is 28.4 Å². The molecule has 0 aliphatic rings. The molecule has 0 radical (unpaired) electrons. The Hall–Kier alpha value is -3.37. The van der Waals surface area contributed by atoms with E-state index in [0.29, 0.717) is 16.3 Å². The number of hydrogen-bond acceptors (Lipinski definition) is 8. The highest BCUT2D eigenvalue weighted by atomic mass is 35.5. The number of hydrogen-bond donors (Lipinski definition) is 2. The largest absolute Gasteiger partial charge is 0.507 e. The van der Waals surface area contributed by atoms with Crippen LogP contribution in [0.2, 0.25) is 5.02 Å². The summed E-state index contributed by atoms with van der Waals surface area (Å²) in [6.45, 7) is 0. The molecule has 0 unspecified atom stereocenters. The van der Waals surface area contributed by atoms with E-state index in [1.165, 1.54) is 56.8 Å². The number of sulfonamides is 1. The Labute approximate surface area is 178 Å². The van der Waals surface area contributed by atoms with Crippen LogP contribution in [0.1, 0.15) is 5.56 Å². The van der Waals surface area contributed by atoms with Crippen molar-refractivity contribution in [3.05, 3.63) is 59.1 Å². The molecular weight excluding hydrogens is 432 g/mol. The second kappa shape index (κ2) is 8.97. The number of aromatic hydroxyl groups is 1. The maximum absolute atomic E-state index is 12.6. The van der Waals surface area contributed by atoms with E-state index in [0.717, 1.165) is 0 Å². The molecule has 1 heterocycles. The quantitative estimate of drug-likeness (QED) is 0.531. The van der Waals surface area contributed by atoms with Crippen LogP contribution in [0, 0.1) is 0 Å². The molecule has 30 heavy (non-hydrogen) atoms. The number of ether oxygens (including phenoxy) is 2. The van der Waals surface area contributed by atoms with Gasteiger partial charge in [0.1, 0.15) is 5.75 Å². The van der Waals surface area contributed by atoms with E-state index >= 15 is 0 Å². The Balaban J connectivity index is 1.79. The Bertz CT molecular complexity index is 1160. The number of halogens is 1. The van der Waals surface area contributed by atoms with Crippen LogP contribution >= 0.6 is 11.6 Å². The third-order valence-electron chi connectivity index (χ3n) is 3.80. The van der Waals surface area contributed by atoms with E-state index in [9.17, 15) is 13.5 Å². The summed E-state index contributed by atoms with van der Waals surface area (Å²) in [5, 5.41) is 10.3. The molecule has 1 aromatic heterocycles. The van der Waals surface area contributed by atoms with Crippen LogP contribution in [0.4, 0.5) is 11.5 Å². The lowest BCUT2D eigenvalue weighted by atomic mass is 10.2. The third kappa shape index (κ3) is 5.16. The van der Waals surface area contributed by atoms with Crippen LogP contribution in [0.25, 0.3) is 0 Å². The summed E-state index contributed by atoms with van der Waals surface area (Å²) < 4.78 is 37.6. The monoisotopic (exact) mass is 448 g/mol. The van der Waals surface area contributed by atoms with Gasteiger partial charge in [-0.2, -0.15) is 9.97 Å². The van der Waals surface area contributed by atoms with Crippen LogP contribution in [0.3, 0.4) is 0 Å². The van der Waals surface area contributed by atoms with Gasteiger partial charge in [0, 0.05) is 22.9 Å². The Morgan fingerprint density at radius 3 is 2.47 bits per heavy atom. The fraction of sp³-hybridized carbons (Fsp3) is 0.105. The molecule has 0 saturated carbocycles. The first-order chi connectivity index (χ1) is 14.3. The third-order valence-corrected chi connectivity index (χ3v) is 5.41. The van der Waals surface area contributed by atoms with Crippen molar-refractivity contribution in [3.8, 4) is 17.6 Å². The predicted octanol–water partition coefficient (Wildman–Crippen LogP) is 3.40. The molecule has 0 bridgehead atoms. The smallest absolute Gasteiger partial charge is 0.321 e. The second-order valence-electron chi connectivity index (χ2n) is 5.84. The van der Waals surface area contributed by atoms with Crippen LogP contribution < -0.4 is 14.2 Å². The molecule has 3 aromatic rings. The summed E-state index contributed by atoms with van der Waals surface area (Å²) in [5.41, 5.74) is 0.922. The number of nitrogens with one attached hydrogen (secondary N) is 1. The van der Waals surface area contributed by atoms with Gasteiger partial charge < -0.3 is 14.6 Å². The minimum Gasteiger partial charge on any atom is -0.507 e. The molecule has 0 fully saturated rings. The summed E-state index contributed by atoms with van der Waals surface area (Å²) >= 11 is 5.90. The summed E-state index contributed by atoms with van der Waals surface area (Å²) in [5.74, 6) is 0.174. The first kappa shape index (κ1) is 21.3. The van der Waals surface area contributed by atoms with Crippen molar-refractivity contribution in [2.45, 2.75) is 4.90 Å². The highest BCUT2D eigenvalue weighted by molar-refractivity contribution is 7.92. The summed E-state index contributed by atoms with van der Waals surface area (Å²) in [7, 11) is -1.17. The van der Waals surface area contributed by atoms with E-state index in [1.807, 2.05) is 0 Å². The van der Waals surface area contributed by atoms with Gasteiger partial charge in [-0.25, -0.2) is 8.42 Å². The Morgan fingerprint density at radius 2 is 1.80 bits per heavy atom. The van der Waals surface area contributed by atoms with Crippen molar-refractivity contribution in [3.63, 3.8) is 0 Å². The summed E-state index contributed by atoms with van der Waals surface area (Å²) in [4.78, 5) is 12.1. The lowest BCUT2D eigenvalue weighted by Crippen LogP contribution is -2.14. The molecule has 2 N–H and O–H groups in total. The highest BCUT2D eigenvalue weighted by Gasteiger charge is 2.16. The van der Waals surface area contributed by atoms with Crippen molar-refractivity contribution in [1.29, 1.82) is 0 Å². The second-order valence-corrected chi connectivity index (χ2v) is 7.96. The molecule has 0 saturated heterocycles. The maximum Gasteiger partial charge on any atom is 0.321 e. The minimum absolute atomic E-state index is 0.00257. The van der Waals surface area contributed by atoms with E-state index in [2.05, 4.69) is 19.7 Å². The van der Waals surface area contributed by atoms with Gasteiger partial charge in [0.2, 0.25) is 5.88 Å². The molecular formula is C19H17ClN4O5S. The van der Waals surface area contributed by atoms with Crippen molar-refractivity contribution >= 4 is 39.3 Å². The van der Waals surface area contributed by atoms with Gasteiger partial charge in [-0.1, -0.05) is 11.6 Å². The normalized spacial score (nSPS) is 11.4. The highest BCUT2D eigenvalue weighted by Crippen LogP contribution is 2.23. The molecule has 0 atom stereocenters. The fourth-order valence-corrected chi connectivity index (χ4v) is 3.51.